The van der Waals surface area contributed by atoms with Crippen LogP contribution in [0.5, 0.6) is 0 Å². The zero-order valence-corrected chi connectivity index (χ0v) is 12.5. The van der Waals surface area contributed by atoms with Gasteiger partial charge in [-0.3, -0.25) is 0 Å². The molecule has 0 unspecified atom stereocenters. The smallest absolute Gasteiger partial charge is 0.367 e. The molecule has 8 heteroatoms. The molecule has 0 saturated heterocycles. The van der Waals surface area contributed by atoms with E-state index in [1.165, 1.54) is 6.07 Å². The van der Waals surface area contributed by atoms with E-state index in [1.807, 2.05) is 6.92 Å². The molecule has 1 rings (SSSR count). The average Bonchev–Trinajstić information content (AvgIpc) is 2.28. The quantitative estimate of drug-likeness (QED) is 0.831. The van der Waals surface area contributed by atoms with Crippen LogP contribution < -0.4 is 0 Å². The third kappa shape index (κ3) is 4.64. The molecule has 0 aromatic heterocycles. The molecule has 20 heavy (non-hydrogen) atoms. The maximum Gasteiger partial charge on any atom is 0.411 e. The minimum absolute atomic E-state index is 0.0674. The maximum absolute atomic E-state index is 12.1. The summed E-state index contributed by atoms with van der Waals surface area (Å²) >= 11 is 6.04. The molecular weight excluding hydrogens is 317 g/mol. The van der Waals surface area contributed by atoms with Crippen molar-refractivity contribution in [2.45, 2.75) is 31.0 Å². The molecule has 1 aromatic rings. The lowest BCUT2D eigenvalue weighted by molar-refractivity contribution is -0.176. The minimum Gasteiger partial charge on any atom is -0.367 e. The molecule has 0 heterocycles. The van der Waals surface area contributed by atoms with E-state index >= 15 is 0 Å². The number of aryl methyl sites for hydroxylation is 1. The average molecular weight is 331 g/mol. The highest BCUT2D eigenvalue weighted by molar-refractivity contribution is 7.90. The first kappa shape index (κ1) is 17.3. The molecule has 0 aliphatic heterocycles. The van der Waals surface area contributed by atoms with Crippen molar-refractivity contribution in [1.82, 2.24) is 0 Å². The molecule has 0 fully saturated rings. The van der Waals surface area contributed by atoms with Crippen LogP contribution >= 0.6 is 11.6 Å². The molecule has 0 bridgehead atoms. The molecule has 3 nitrogen and oxygen atoms in total. The number of sulfone groups is 1. The number of rotatable bonds is 5. The third-order valence-corrected chi connectivity index (χ3v) is 4.22. The van der Waals surface area contributed by atoms with Crippen molar-refractivity contribution < 1.29 is 26.3 Å². The number of hydrogen-bond donors (Lipinski definition) is 0. The first-order valence-electron chi connectivity index (χ1n) is 5.71. The van der Waals surface area contributed by atoms with Crippen molar-refractivity contribution in [3.63, 3.8) is 0 Å². The van der Waals surface area contributed by atoms with Crippen LogP contribution in [0.3, 0.4) is 0 Å². The van der Waals surface area contributed by atoms with Crippen LogP contribution in [0.1, 0.15) is 18.1 Å². The highest BCUT2D eigenvalue weighted by atomic mass is 35.5. The van der Waals surface area contributed by atoms with E-state index in [0.717, 1.165) is 6.26 Å². The van der Waals surface area contributed by atoms with Crippen molar-refractivity contribution in [1.29, 1.82) is 0 Å². The fourth-order valence-corrected chi connectivity index (χ4v) is 3.01. The van der Waals surface area contributed by atoms with E-state index in [2.05, 4.69) is 4.74 Å². The predicted octanol–water partition coefficient (Wildman–Crippen LogP) is 3.38. The molecule has 0 aliphatic rings. The summed E-state index contributed by atoms with van der Waals surface area (Å²) in [5, 5.41) is 0.137. The lowest BCUT2D eigenvalue weighted by atomic mass is 10.1. The summed E-state index contributed by atoms with van der Waals surface area (Å²) in [5.74, 6) is 0. The van der Waals surface area contributed by atoms with Gasteiger partial charge in [-0.1, -0.05) is 24.6 Å². The number of halogens is 4. The van der Waals surface area contributed by atoms with Gasteiger partial charge < -0.3 is 4.74 Å². The zero-order valence-electron chi connectivity index (χ0n) is 10.9. The van der Waals surface area contributed by atoms with E-state index in [9.17, 15) is 21.6 Å². The Morgan fingerprint density at radius 2 is 1.90 bits per heavy atom. The molecule has 0 radical (unpaired) electrons. The van der Waals surface area contributed by atoms with Crippen LogP contribution in [0.15, 0.2) is 17.0 Å². The number of hydrogen-bond acceptors (Lipinski definition) is 3. The molecule has 114 valence electrons. The Labute approximate surface area is 120 Å². The van der Waals surface area contributed by atoms with Gasteiger partial charge in [-0.2, -0.15) is 13.2 Å². The van der Waals surface area contributed by atoms with Crippen LogP contribution in [0.4, 0.5) is 13.2 Å². The van der Waals surface area contributed by atoms with Gasteiger partial charge in [0.2, 0.25) is 0 Å². The SMILES string of the molecule is CCc1ccc(S(C)(=O)=O)c(COCC(F)(F)F)c1Cl. The van der Waals surface area contributed by atoms with Crippen molar-refractivity contribution >= 4 is 21.4 Å². The fourth-order valence-electron chi connectivity index (χ4n) is 1.68. The van der Waals surface area contributed by atoms with Gasteiger partial charge in [0.15, 0.2) is 9.84 Å². The second kappa shape index (κ2) is 6.32. The Bertz CT molecular complexity index is 582. The van der Waals surface area contributed by atoms with Gasteiger partial charge in [0.05, 0.1) is 16.5 Å². The summed E-state index contributed by atoms with van der Waals surface area (Å²) in [6.07, 6.45) is -2.97. The van der Waals surface area contributed by atoms with Gasteiger partial charge in [0.25, 0.3) is 0 Å². The first-order chi connectivity index (χ1) is 9.06. The van der Waals surface area contributed by atoms with Gasteiger partial charge in [0.1, 0.15) is 6.61 Å². The highest BCUT2D eigenvalue weighted by Crippen LogP contribution is 2.29. The highest BCUT2D eigenvalue weighted by Gasteiger charge is 2.28. The van der Waals surface area contributed by atoms with Gasteiger partial charge in [-0.25, -0.2) is 8.42 Å². The van der Waals surface area contributed by atoms with Crippen molar-refractivity contribution in [2.24, 2.45) is 0 Å². The van der Waals surface area contributed by atoms with Gasteiger partial charge in [-0.05, 0) is 18.1 Å². The Kier molecular flexibility index (Phi) is 5.46. The normalized spacial score (nSPS) is 12.7. The molecule has 0 N–H and O–H groups in total. The monoisotopic (exact) mass is 330 g/mol. The molecule has 0 saturated carbocycles. The van der Waals surface area contributed by atoms with E-state index in [-0.39, 0.29) is 15.5 Å². The summed E-state index contributed by atoms with van der Waals surface area (Å²) in [4.78, 5) is -0.109. The van der Waals surface area contributed by atoms with Crippen LogP contribution in [-0.2, 0) is 27.6 Å². The molecule has 0 amide bonds. The minimum atomic E-state index is -4.47. The van der Waals surface area contributed by atoms with Crippen LogP contribution in [-0.4, -0.2) is 27.5 Å². The third-order valence-electron chi connectivity index (χ3n) is 2.57. The van der Waals surface area contributed by atoms with Gasteiger partial charge in [-0.15, -0.1) is 0 Å². The second-order valence-electron chi connectivity index (χ2n) is 4.25. The van der Waals surface area contributed by atoms with Crippen LogP contribution in [0.25, 0.3) is 0 Å². The Morgan fingerprint density at radius 1 is 1.30 bits per heavy atom. The summed E-state index contributed by atoms with van der Waals surface area (Å²) in [5.41, 5.74) is 0.724. The Morgan fingerprint density at radius 3 is 2.35 bits per heavy atom. The van der Waals surface area contributed by atoms with Crippen molar-refractivity contribution in [2.75, 3.05) is 12.9 Å². The van der Waals surface area contributed by atoms with Crippen molar-refractivity contribution in [3.05, 3.63) is 28.3 Å². The molecule has 0 aliphatic carbocycles. The summed E-state index contributed by atoms with van der Waals surface area (Å²) in [7, 11) is -3.59. The number of ether oxygens (including phenoxy) is 1. The van der Waals surface area contributed by atoms with Crippen LogP contribution in [0, 0.1) is 0 Å². The topological polar surface area (TPSA) is 43.4 Å². The summed E-state index contributed by atoms with van der Waals surface area (Å²) < 4.78 is 64.0. The number of alkyl halides is 3. The summed E-state index contributed by atoms with van der Waals surface area (Å²) in [6, 6.07) is 2.89. The van der Waals surface area contributed by atoms with E-state index < -0.39 is 29.2 Å². The number of benzene rings is 1. The molecule has 1 aromatic carbocycles. The first-order valence-corrected chi connectivity index (χ1v) is 7.98. The molecule has 0 atom stereocenters. The Balaban J connectivity index is 3.13. The van der Waals surface area contributed by atoms with E-state index in [1.54, 1.807) is 6.07 Å². The lowest BCUT2D eigenvalue weighted by Gasteiger charge is -2.14. The lowest BCUT2D eigenvalue weighted by Crippen LogP contribution is -2.17. The maximum atomic E-state index is 12.1. The fraction of sp³-hybridized carbons (Fsp3) is 0.500. The largest absolute Gasteiger partial charge is 0.411 e. The van der Waals surface area contributed by atoms with Crippen LogP contribution in [0.2, 0.25) is 5.02 Å². The zero-order chi connectivity index (χ0) is 15.6. The van der Waals surface area contributed by atoms with E-state index in [0.29, 0.717) is 12.0 Å². The molecule has 0 spiro atoms. The predicted molar refractivity (Wildman–Crippen MR) is 69.7 cm³/mol. The van der Waals surface area contributed by atoms with Gasteiger partial charge in [0, 0.05) is 11.8 Å². The summed E-state index contributed by atoms with van der Waals surface area (Å²) in [6.45, 7) is -0.154. The standard InChI is InChI=1S/C12H14ClF3O3S/c1-3-8-4-5-10(20(2,17)18)9(11(8)13)6-19-7-12(14,15)16/h4-5H,3,6-7H2,1-2H3. The molecular formula is C12H14ClF3O3S. The Hall–Kier alpha value is -0.790. The van der Waals surface area contributed by atoms with Gasteiger partial charge >= 0.3 is 6.18 Å². The van der Waals surface area contributed by atoms with Crippen molar-refractivity contribution in [3.8, 4) is 0 Å². The second-order valence-corrected chi connectivity index (χ2v) is 6.61. The van der Waals surface area contributed by atoms with E-state index in [4.69, 9.17) is 11.6 Å².